The zero-order chi connectivity index (χ0) is 20.1. The van der Waals surface area contributed by atoms with Crippen LogP contribution in [0.25, 0.3) is 0 Å². The Balaban J connectivity index is 1.63. The lowest BCUT2D eigenvalue weighted by Gasteiger charge is -2.35. The molecule has 1 aliphatic carbocycles. The monoisotopic (exact) mass is 382 g/mol. The van der Waals surface area contributed by atoms with Gasteiger partial charge in [-0.1, -0.05) is 36.4 Å². The fraction of sp³-hybridized carbons (Fsp3) is 0.435. The summed E-state index contributed by atoms with van der Waals surface area (Å²) in [6.45, 7) is 1.90. The molecule has 0 aliphatic heterocycles. The second-order valence-electron chi connectivity index (χ2n) is 7.94. The number of aliphatic hydroxyl groups is 1. The Morgan fingerprint density at radius 3 is 2.61 bits per heavy atom. The molecule has 5 heteroatoms. The van der Waals surface area contributed by atoms with Gasteiger partial charge in [-0.15, -0.1) is 0 Å². The normalized spacial score (nSPS) is 18.6. The van der Waals surface area contributed by atoms with Crippen molar-refractivity contribution in [3.05, 3.63) is 65.2 Å². The van der Waals surface area contributed by atoms with Crippen molar-refractivity contribution >= 4 is 5.91 Å². The van der Waals surface area contributed by atoms with Crippen molar-refractivity contribution in [1.82, 2.24) is 9.80 Å². The van der Waals surface area contributed by atoms with E-state index in [1.54, 1.807) is 11.9 Å². The van der Waals surface area contributed by atoms with Crippen LogP contribution in [0.2, 0.25) is 0 Å². The van der Waals surface area contributed by atoms with Crippen LogP contribution < -0.4 is 4.74 Å². The molecule has 1 N–H and O–H groups in total. The van der Waals surface area contributed by atoms with Crippen LogP contribution in [-0.4, -0.2) is 60.7 Å². The standard InChI is InChI=1S/C23H30N2O3/c1-24(2)13-14-28-21-10-6-7-18(15-21)17-25(3)22(26)23(27)12-11-19-8-4-5-9-20(19)16-23/h4-10,15,27H,11-14,16-17H2,1-3H3. The predicted molar refractivity (Wildman–Crippen MR) is 110 cm³/mol. The highest BCUT2D eigenvalue weighted by Gasteiger charge is 2.40. The lowest BCUT2D eigenvalue weighted by molar-refractivity contribution is -0.151. The average Bonchev–Trinajstić information content (AvgIpc) is 2.67. The number of hydrogen-bond donors (Lipinski definition) is 1. The largest absolute Gasteiger partial charge is 0.492 e. The average molecular weight is 383 g/mol. The van der Waals surface area contributed by atoms with Crippen molar-refractivity contribution in [2.24, 2.45) is 0 Å². The van der Waals surface area contributed by atoms with Crippen molar-refractivity contribution in [3.8, 4) is 5.75 Å². The molecule has 0 heterocycles. The summed E-state index contributed by atoms with van der Waals surface area (Å²) in [6.07, 6.45) is 1.56. The van der Waals surface area contributed by atoms with Gasteiger partial charge >= 0.3 is 0 Å². The van der Waals surface area contributed by atoms with Gasteiger partial charge in [0.15, 0.2) is 0 Å². The molecule has 150 valence electrons. The molecule has 0 saturated carbocycles. The predicted octanol–water partition coefficient (Wildman–Crippen LogP) is 2.51. The molecule has 0 bridgehead atoms. The van der Waals surface area contributed by atoms with Crippen LogP contribution in [0, 0.1) is 0 Å². The molecule has 5 nitrogen and oxygen atoms in total. The third-order valence-electron chi connectivity index (χ3n) is 5.28. The highest BCUT2D eigenvalue weighted by atomic mass is 16.5. The Bertz CT molecular complexity index is 821. The van der Waals surface area contributed by atoms with E-state index in [-0.39, 0.29) is 5.91 Å². The Kier molecular flexibility index (Phi) is 6.37. The van der Waals surface area contributed by atoms with Crippen molar-refractivity contribution in [1.29, 1.82) is 0 Å². The number of benzene rings is 2. The van der Waals surface area contributed by atoms with Crippen molar-refractivity contribution < 1.29 is 14.6 Å². The van der Waals surface area contributed by atoms with Crippen LogP contribution in [0.15, 0.2) is 48.5 Å². The summed E-state index contributed by atoms with van der Waals surface area (Å²) in [6, 6.07) is 15.8. The second-order valence-corrected chi connectivity index (χ2v) is 7.94. The van der Waals surface area contributed by atoms with E-state index in [1.165, 1.54) is 5.56 Å². The van der Waals surface area contributed by atoms with Crippen molar-refractivity contribution in [2.75, 3.05) is 34.3 Å². The first-order valence-electron chi connectivity index (χ1n) is 9.78. The minimum absolute atomic E-state index is 0.221. The number of aryl methyl sites for hydroxylation is 1. The number of ether oxygens (including phenoxy) is 1. The summed E-state index contributed by atoms with van der Waals surface area (Å²) < 4.78 is 5.78. The van der Waals surface area contributed by atoms with Crippen LogP contribution in [0.3, 0.4) is 0 Å². The molecule has 0 fully saturated rings. The Hall–Kier alpha value is -2.37. The van der Waals surface area contributed by atoms with E-state index < -0.39 is 5.60 Å². The lowest BCUT2D eigenvalue weighted by Crippen LogP contribution is -2.50. The second kappa shape index (κ2) is 8.76. The molecule has 1 unspecified atom stereocenters. The summed E-state index contributed by atoms with van der Waals surface area (Å²) in [4.78, 5) is 16.7. The molecule has 1 aliphatic rings. The van der Waals surface area contributed by atoms with E-state index in [9.17, 15) is 9.90 Å². The number of rotatable bonds is 7. The highest BCUT2D eigenvalue weighted by molar-refractivity contribution is 5.85. The molecule has 2 aromatic rings. The molecule has 0 radical (unpaired) electrons. The highest BCUT2D eigenvalue weighted by Crippen LogP contribution is 2.30. The van der Waals surface area contributed by atoms with Gasteiger partial charge in [0.1, 0.15) is 18.0 Å². The molecule has 0 saturated heterocycles. The maximum atomic E-state index is 13.0. The molecule has 0 spiro atoms. The van der Waals surface area contributed by atoms with Crippen molar-refractivity contribution in [3.63, 3.8) is 0 Å². The fourth-order valence-corrected chi connectivity index (χ4v) is 3.68. The summed E-state index contributed by atoms with van der Waals surface area (Å²) in [7, 11) is 5.77. The van der Waals surface area contributed by atoms with Gasteiger partial charge in [-0.2, -0.15) is 0 Å². The van der Waals surface area contributed by atoms with Crippen LogP contribution >= 0.6 is 0 Å². The number of hydrogen-bond acceptors (Lipinski definition) is 4. The number of nitrogens with zero attached hydrogens (tertiary/aromatic N) is 2. The minimum atomic E-state index is -1.33. The van der Waals surface area contributed by atoms with Gasteiger partial charge < -0.3 is 19.6 Å². The SMILES string of the molecule is CN(C)CCOc1cccc(CN(C)C(=O)C2(O)CCc3ccccc3C2)c1. The maximum Gasteiger partial charge on any atom is 0.254 e. The summed E-state index contributed by atoms with van der Waals surface area (Å²) in [5.74, 6) is 0.575. The quantitative estimate of drug-likeness (QED) is 0.800. The molecule has 3 rings (SSSR count). The molecular weight excluding hydrogens is 352 g/mol. The summed E-state index contributed by atoms with van der Waals surface area (Å²) in [5.41, 5.74) is 1.95. The number of fused-ring (bicyclic) bond motifs is 1. The fourth-order valence-electron chi connectivity index (χ4n) is 3.68. The van der Waals surface area contributed by atoms with Crippen LogP contribution in [0.5, 0.6) is 5.75 Å². The first-order chi connectivity index (χ1) is 13.4. The third kappa shape index (κ3) is 4.91. The minimum Gasteiger partial charge on any atom is -0.492 e. The third-order valence-corrected chi connectivity index (χ3v) is 5.28. The van der Waals surface area contributed by atoms with Gasteiger partial charge in [0.05, 0.1) is 0 Å². The van der Waals surface area contributed by atoms with Gasteiger partial charge in [-0.25, -0.2) is 0 Å². The summed E-state index contributed by atoms with van der Waals surface area (Å²) in [5, 5.41) is 11.0. The van der Waals surface area contributed by atoms with Crippen molar-refractivity contribution in [2.45, 2.75) is 31.4 Å². The van der Waals surface area contributed by atoms with Gasteiger partial charge in [0.2, 0.25) is 0 Å². The number of carbonyl (C=O) groups excluding carboxylic acids is 1. The number of likely N-dealkylation sites (N-methyl/N-ethyl adjacent to an activating group) is 2. The Morgan fingerprint density at radius 1 is 1.11 bits per heavy atom. The van der Waals surface area contributed by atoms with Crippen LogP contribution in [-0.2, 0) is 24.2 Å². The van der Waals surface area contributed by atoms with E-state index in [0.717, 1.165) is 29.8 Å². The first-order valence-corrected chi connectivity index (χ1v) is 9.78. The van der Waals surface area contributed by atoms with E-state index in [4.69, 9.17) is 4.74 Å². The molecule has 1 atom stereocenters. The van der Waals surface area contributed by atoms with Gasteiger partial charge in [-0.3, -0.25) is 4.79 Å². The van der Waals surface area contributed by atoms with Gasteiger partial charge in [0, 0.05) is 26.6 Å². The lowest BCUT2D eigenvalue weighted by atomic mass is 9.79. The Morgan fingerprint density at radius 2 is 1.86 bits per heavy atom. The molecular formula is C23H30N2O3. The summed E-state index contributed by atoms with van der Waals surface area (Å²) >= 11 is 0. The van der Waals surface area contributed by atoms with E-state index >= 15 is 0 Å². The topological polar surface area (TPSA) is 53.0 Å². The van der Waals surface area contributed by atoms with E-state index in [0.29, 0.717) is 26.0 Å². The van der Waals surface area contributed by atoms with E-state index in [1.807, 2.05) is 56.6 Å². The maximum absolute atomic E-state index is 13.0. The molecule has 0 aromatic heterocycles. The van der Waals surface area contributed by atoms with Gasteiger partial charge in [0.25, 0.3) is 5.91 Å². The van der Waals surface area contributed by atoms with E-state index in [2.05, 4.69) is 11.0 Å². The smallest absolute Gasteiger partial charge is 0.254 e. The van der Waals surface area contributed by atoms with Crippen LogP contribution in [0.4, 0.5) is 0 Å². The molecule has 28 heavy (non-hydrogen) atoms. The zero-order valence-corrected chi connectivity index (χ0v) is 17.0. The Labute approximate surface area is 167 Å². The molecule has 2 aromatic carbocycles. The zero-order valence-electron chi connectivity index (χ0n) is 17.0. The molecule has 1 amide bonds. The first kappa shape index (κ1) is 20.4. The van der Waals surface area contributed by atoms with Gasteiger partial charge in [-0.05, 0) is 55.8 Å². The van der Waals surface area contributed by atoms with Crippen LogP contribution in [0.1, 0.15) is 23.1 Å². The number of amides is 1. The number of carbonyl (C=O) groups is 1.